The third-order valence-electron chi connectivity index (χ3n) is 3.98. The molecule has 28 heavy (non-hydrogen) atoms. The van der Waals surface area contributed by atoms with Gasteiger partial charge in [0.2, 0.25) is 11.7 Å². The topological polar surface area (TPSA) is 115 Å². The van der Waals surface area contributed by atoms with Crippen LogP contribution in [-0.4, -0.2) is 27.7 Å². The number of ketones is 1. The van der Waals surface area contributed by atoms with Gasteiger partial charge in [0.15, 0.2) is 5.13 Å². The van der Waals surface area contributed by atoms with Gasteiger partial charge in [-0.15, -0.1) is 0 Å². The summed E-state index contributed by atoms with van der Waals surface area (Å²) in [5.74, 6) is -1.57. The number of hydrogen-bond acceptors (Lipinski definition) is 7. The molecule has 10 heteroatoms. The Kier molecular flexibility index (Phi) is 5.57. The molecular formula is C18H15ClFN5O2S. The summed E-state index contributed by atoms with van der Waals surface area (Å²) >= 11 is 6.87. The molecule has 4 N–H and O–H groups in total. The van der Waals surface area contributed by atoms with Crippen molar-refractivity contribution >= 4 is 51.3 Å². The van der Waals surface area contributed by atoms with Crippen molar-refractivity contribution in [3.63, 3.8) is 0 Å². The molecule has 0 saturated heterocycles. The van der Waals surface area contributed by atoms with Crippen molar-refractivity contribution in [3.05, 3.63) is 64.0 Å². The Morgan fingerprint density at radius 2 is 1.93 bits per heavy atom. The highest BCUT2D eigenvalue weighted by Gasteiger charge is 2.27. The molecule has 3 rings (SSSR count). The van der Waals surface area contributed by atoms with Crippen LogP contribution in [0.4, 0.5) is 21.0 Å². The molecule has 7 nitrogen and oxygen atoms in total. The van der Waals surface area contributed by atoms with Gasteiger partial charge in [0.25, 0.3) is 0 Å². The Morgan fingerprint density at radius 3 is 2.54 bits per heavy atom. The van der Waals surface area contributed by atoms with Crippen molar-refractivity contribution in [2.24, 2.45) is 5.73 Å². The van der Waals surface area contributed by atoms with E-state index in [1.807, 2.05) is 0 Å². The predicted molar refractivity (Wildman–Crippen MR) is 106 cm³/mol. The zero-order valence-electron chi connectivity index (χ0n) is 14.6. The van der Waals surface area contributed by atoms with Gasteiger partial charge < -0.3 is 16.4 Å². The first-order valence-electron chi connectivity index (χ1n) is 8.04. The fourth-order valence-electron chi connectivity index (χ4n) is 2.48. The number of aromatic nitrogens is 2. The van der Waals surface area contributed by atoms with Crippen molar-refractivity contribution in [3.8, 4) is 0 Å². The van der Waals surface area contributed by atoms with Gasteiger partial charge in [0, 0.05) is 23.6 Å². The van der Waals surface area contributed by atoms with Gasteiger partial charge in [-0.25, -0.2) is 9.37 Å². The molecule has 2 heterocycles. The maximum atomic E-state index is 13.6. The van der Waals surface area contributed by atoms with Crippen LogP contribution in [0, 0.1) is 5.82 Å². The van der Waals surface area contributed by atoms with Crippen LogP contribution in [0.5, 0.6) is 0 Å². The fraction of sp³-hybridized carbons (Fsp3) is 0.111. The molecule has 0 fully saturated rings. The number of thiazole rings is 1. The van der Waals surface area contributed by atoms with E-state index in [9.17, 15) is 14.0 Å². The monoisotopic (exact) mass is 419 g/mol. The first-order valence-corrected chi connectivity index (χ1v) is 9.23. The van der Waals surface area contributed by atoms with Crippen LogP contribution in [0.2, 0.25) is 5.02 Å². The molecule has 0 spiro atoms. The second-order valence-corrected chi connectivity index (χ2v) is 7.21. The van der Waals surface area contributed by atoms with Gasteiger partial charge in [0.1, 0.15) is 22.6 Å². The molecule has 3 aromatic rings. The standard InChI is InChI=1S/C18H15ClFN5O2S/c1-9(17(22)27)25(11-2-3-13(20)12(19)8-11)18-24-16(21)15(28-18)14(26)10-4-6-23-7-5-10/h2-9H,21H2,1H3,(H2,22,27)/t9-/m1/s1. The van der Waals surface area contributed by atoms with Gasteiger partial charge >= 0.3 is 0 Å². The number of rotatable bonds is 6. The summed E-state index contributed by atoms with van der Waals surface area (Å²) in [6.45, 7) is 1.56. The van der Waals surface area contributed by atoms with Crippen LogP contribution in [0.25, 0.3) is 0 Å². The first kappa shape index (κ1) is 19.7. The molecule has 0 aliphatic rings. The predicted octanol–water partition coefficient (Wildman–Crippen LogP) is 3.16. The van der Waals surface area contributed by atoms with Gasteiger partial charge in [-0.05, 0) is 37.3 Å². The third-order valence-corrected chi connectivity index (χ3v) is 5.34. The number of nitrogens with two attached hydrogens (primary N) is 2. The second-order valence-electron chi connectivity index (χ2n) is 5.82. The largest absolute Gasteiger partial charge is 0.382 e. The number of carbonyl (C=O) groups excluding carboxylic acids is 2. The van der Waals surface area contributed by atoms with Crippen LogP contribution >= 0.6 is 22.9 Å². The minimum absolute atomic E-state index is 0.0108. The highest BCUT2D eigenvalue weighted by molar-refractivity contribution is 7.18. The Morgan fingerprint density at radius 1 is 1.25 bits per heavy atom. The van der Waals surface area contributed by atoms with Crippen molar-refractivity contribution in [2.75, 3.05) is 10.6 Å². The molecule has 144 valence electrons. The Balaban J connectivity index is 2.07. The van der Waals surface area contributed by atoms with Gasteiger partial charge in [-0.1, -0.05) is 22.9 Å². The van der Waals surface area contributed by atoms with E-state index >= 15 is 0 Å². The van der Waals surface area contributed by atoms with Crippen LogP contribution in [0.1, 0.15) is 22.2 Å². The smallest absolute Gasteiger partial charge is 0.240 e. The molecular weight excluding hydrogens is 405 g/mol. The van der Waals surface area contributed by atoms with E-state index < -0.39 is 17.8 Å². The Bertz CT molecular complexity index is 1040. The molecule has 0 aliphatic carbocycles. The average Bonchev–Trinajstić information content (AvgIpc) is 3.05. The molecule has 2 aromatic heterocycles. The van der Waals surface area contributed by atoms with E-state index in [1.54, 1.807) is 19.1 Å². The molecule has 0 unspecified atom stereocenters. The SMILES string of the molecule is C[C@H](C(N)=O)N(c1ccc(F)c(Cl)c1)c1nc(N)c(C(=O)c2ccncc2)s1. The normalized spacial score (nSPS) is 11.8. The number of anilines is 3. The number of halogens is 2. The van der Waals surface area contributed by atoms with E-state index in [0.29, 0.717) is 11.3 Å². The van der Waals surface area contributed by atoms with Crippen LogP contribution in [0.3, 0.4) is 0 Å². The molecule has 1 amide bonds. The summed E-state index contributed by atoms with van der Waals surface area (Å²) in [5, 5.41) is 0.126. The summed E-state index contributed by atoms with van der Waals surface area (Å²) in [6.07, 6.45) is 2.99. The van der Waals surface area contributed by atoms with Gasteiger partial charge in [-0.2, -0.15) is 0 Å². The molecule has 1 atom stereocenters. The maximum Gasteiger partial charge on any atom is 0.240 e. The lowest BCUT2D eigenvalue weighted by molar-refractivity contribution is -0.118. The number of hydrogen-bond donors (Lipinski definition) is 2. The van der Waals surface area contributed by atoms with E-state index in [4.69, 9.17) is 23.1 Å². The maximum absolute atomic E-state index is 13.6. The summed E-state index contributed by atoms with van der Waals surface area (Å²) in [7, 11) is 0. The highest BCUT2D eigenvalue weighted by Crippen LogP contribution is 2.37. The first-order chi connectivity index (χ1) is 13.3. The number of nitrogen functional groups attached to an aromatic ring is 1. The lowest BCUT2D eigenvalue weighted by Gasteiger charge is -2.26. The summed E-state index contributed by atoms with van der Waals surface area (Å²) in [5.41, 5.74) is 12.2. The van der Waals surface area contributed by atoms with Crippen LogP contribution in [0.15, 0.2) is 42.7 Å². The van der Waals surface area contributed by atoms with Crippen LogP contribution < -0.4 is 16.4 Å². The van der Waals surface area contributed by atoms with Crippen molar-refractivity contribution in [2.45, 2.75) is 13.0 Å². The number of primary amides is 1. The van der Waals surface area contributed by atoms with Crippen molar-refractivity contribution in [1.29, 1.82) is 0 Å². The van der Waals surface area contributed by atoms with E-state index in [0.717, 1.165) is 11.3 Å². The van der Waals surface area contributed by atoms with Gasteiger partial charge in [0.05, 0.1) is 5.02 Å². The zero-order valence-corrected chi connectivity index (χ0v) is 16.2. The number of carbonyl (C=O) groups is 2. The number of benzene rings is 1. The molecule has 0 bridgehead atoms. The number of pyridine rings is 1. The van der Waals surface area contributed by atoms with Crippen molar-refractivity contribution in [1.82, 2.24) is 9.97 Å². The molecule has 0 radical (unpaired) electrons. The summed E-state index contributed by atoms with van der Waals surface area (Å²) < 4.78 is 13.6. The fourth-order valence-corrected chi connectivity index (χ4v) is 3.71. The molecule has 0 saturated carbocycles. The zero-order chi connectivity index (χ0) is 20.4. The summed E-state index contributed by atoms with van der Waals surface area (Å²) in [6, 6.07) is 6.21. The Hall–Kier alpha value is -3.04. The van der Waals surface area contributed by atoms with Crippen molar-refractivity contribution < 1.29 is 14.0 Å². The summed E-state index contributed by atoms with van der Waals surface area (Å²) in [4.78, 5) is 34.3. The van der Waals surface area contributed by atoms with E-state index in [2.05, 4.69) is 9.97 Å². The van der Waals surface area contributed by atoms with E-state index in [-0.39, 0.29) is 26.6 Å². The van der Waals surface area contributed by atoms with Crippen LogP contribution in [-0.2, 0) is 4.79 Å². The third kappa shape index (κ3) is 3.80. The lowest BCUT2D eigenvalue weighted by atomic mass is 10.1. The minimum Gasteiger partial charge on any atom is -0.382 e. The minimum atomic E-state index is -0.851. The average molecular weight is 420 g/mol. The Labute approximate surface area is 168 Å². The second kappa shape index (κ2) is 7.91. The quantitative estimate of drug-likeness (QED) is 0.593. The molecule has 1 aromatic carbocycles. The lowest BCUT2D eigenvalue weighted by Crippen LogP contribution is -2.40. The number of nitrogens with zero attached hydrogens (tertiary/aromatic N) is 3. The van der Waals surface area contributed by atoms with Gasteiger partial charge in [-0.3, -0.25) is 14.6 Å². The number of amides is 1. The van der Waals surface area contributed by atoms with E-state index in [1.165, 1.54) is 35.5 Å². The highest BCUT2D eigenvalue weighted by atomic mass is 35.5. The molecule has 0 aliphatic heterocycles.